The van der Waals surface area contributed by atoms with Crippen molar-refractivity contribution >= 4 is 37.8 Å². The smallest absolute Gasteiger partial charge is 0.254 e. The molecule has 0 aliphatic carbocycles. The van der Waals surface area contributed by atoms with E-state index in [1.807, 2.05) is 23.1 Å². The van der Waals surface area contributed by atoms with E-state index in [0.29, 0.717) is 6.04 Å². The summed E-state index contributed by atoms with van der Waals surface area (Å²) in [6, 6.07) is 5.91. The molecule has 0 spiro atoms. The predicted molar refractivity (Wildman–Crippen MR) is 87.8 cm³/mol. The Bertz CT molecular complexity index is 479. The van der Waals surface area contributed by atoms with Gasteiger partial charge in [-0.15, -0.1) is 0 Å². The Morgan fingerprint density at radius 2 is 2.30 bits per heavy atom. The van der Waals surface area contributed by atoms with E-state index >= 15 is 0 Å². The molecule has 1 aromatic rings. The summed E-state index contributed by atoms with van der Waals surface area (Å²) in [5, 5.41) is 1.000. The molecule has 0 saturated carbocycles. The Morgan fingerprint density at radius 3 is 2.95 bits per heavy atom. The highest BCUT2D eigenvalue weighted by Crippen LogP contribution is 2.28. The number of nitrogens with zero attached hydrogens (tertiary/aromatic N) is 1. The molecule has 1 atom stereocenters. The second kappa shape index (κ2) is 7.46. The Morgan fingerprint density at radius 1 is 1.50 bits per heavy atom. The average molecular weight is 405 g/mol. The quantitative estimate of drug-likeness (QED) is 0.687. The number of hydrogen-bond acceptors (Lipinski definition) is 2. The Hall–Kier alpha value is -0.550. The van der Waals surface area contributed by atoms with Crippen LogP contribution >= 0.6 is 31.9 Å². The van der Waals surface area contributed by atoms with Crippen molar-refractivity contribution in [3.05, 3.63) is 28.2 Å². The van der Waals surface area contributed by atoms with Crippen molar-refractivity contribution in [3.63, 3.8) is 0 Å². The highest BCUT2D eigenvalue weighted by Gasteiger charge is 2.29. The van der Waals surface area contributed by atoms with E-state index in [1.54, 1.807) is 7.11 Å². The maximum atomic E-state index is 12.6. The van der Waals surface area contributed by atoms with Crippen LogP contribution in [0.3, 0.4) is 0 Å². The van der Waals surface area contributed by atoms with Gasteiger partial charge in [-0.1, -0.05) is 15.9 Å². The number of methoxy groups -OCH3 is 1. The molecule has 5 heteroatoms. The molecule has 110 valence electrons. The van der Waals surface area contributed by atoms with Crippen LogP contribution in [-0.4, -0.2) is 35.8 Å². The van der Waals surface area contributed by atoms with Crippen molar-refractivity contribution in [2.75, 3.05) is 19.0 Å². The van der Waals surface area contributed by atoms with Crippen molar-refractivity contribution < 1.29 is 9.53 Å². The van der Waals surface area contributed by atoms with Crippen molar-refractivity contribution in [3.8, 4) is 5.75 Å². The lowest BCUT2D eigenvalue weighted by Gasteiger charge is -2.25. The first-order valence-corrected chi connectivity index (χ1v) is 8.79. The lowest BCUT2D eigenvalue weighted by molar-refractivity contribution is 0.0730. The van der Waals surface area contributed by atoms with Crippen molar-refractivity contribution in [1.82, 2.24) is 4.90 Å². The average Bonchev–Trinajstić information content (AvgIpc) is 2.92. The molecule has 1 aromatic carbocycles. The zero-order valence-electron chi connectivity index (χ0n) is 11.6. The minimum atomic E-state index is 0.130. The second-order valence-electron chi connectivity index (χ2n) is 4.98. The topological polar surface area (TPSA) is 29.5 Å². The number of amides is 1. The fourth-order valence-corrected chi connectivity index (χ4v) is 3.55. The molecule has 1 saturated heterocycles. The standard InChI is InChI=1S/C15H19Br2NO2/c1-20-14-7-6-11(10-13(14)17)15(19)18-9-3-5-12(18)4-2-8-16/h6-7,10,12H,2-5,8-9H2,1H3. The van der Waals surface area contributed by atoms with Crippen LogP contribution in [-0.2, 0) is 0 Å². The summed E-state index contributed by atoms with van der Waals surface area (Å²) < 4.78 is 6.02. The first-order valence-electron chi connectivity index (χ1n) is 6.88. The molecule has 0 aromatic heterocycles. The third-order valence-electron chi connectivity index (χ3n) is 3.71. The summed E-state index contributed by atoms with van der Waals surface area (Å²) >= 11 is 6.90. The van der Waals surface area contributed by atoms with E-state index < -0.39 is 0 Å². The molecule has 1 aliphatic heterocycles. The molecule has 1 fully saturated rings. The lowest BCUT2D eigenvalue weighted by atomic mass is 10.1. The molecular formula is C15H19Br2NO2. The second-order valence-corrected chi connectivity index (χ2v) is 6.62. The summed E-state index contributed by atoms with van der Waals surface area (Å²) in [4.78, 5) is 14.6. The van der Waals surface area contributed by atoms with Gasteiger partial charge in [-0.3, -0.25) is 4.79 Å². The van der Waals surface area contributed by atoms with E-state index in [4.69, 9.17) is 4.74 Å². The molecule has 2 rings (SSSR count). The van der Waals surface area contributed by atoms with Gasteiger partial charge in [-0.2, -0.15) is 0 Å². The molecule has 1 heterocycles. The lowest BCUT2D eigenvalue weighted by Crippen LogP contribution is -2.35. The van der Waals surface area contributed by atoms with Gasteiger partial charge in [0.1, 0.15) is 5.75 Å². The van der Waals surface area contributed by atoms with Gasteiger partial charge in [0.15, 0.2) is 0 Å². The van der Waals surface area contributed by atoms with Gasteiger partial charge >= 0.3 is 0 Å². The zero-order valence-corrected chi connectivity index (χ0v) is 14.7. The Kier molecular flexibility index (Phi) is 5.90. The maximum Gasteiger partial charge on any atom is 0.254 e. The van der Waals surface area contributed by atoms with Gasteiger partial charge < -0.3 is 9.64 Å². The summed E-state index contributed by atoms with van der Waals surface area (Å²) in [7, 11) is 1.62. The summed E-state index contributed by atoms with van der Waals surface area (Å²) in [6.07, 6.45) is 4.42. The fourth-order valence-electron chi connectivity index (χ4n) is 2.68. The van der Waals surface area contributed by atoms with E-state index in [9.17, 15) is 4.79 Å². The van der Waals surface area contributed by atoms with Crippen LogP contribution in [0.4, 0.5) is 0 Å². The maximum absolute atomic E-state index is 12.6. The summed E-state index contributed by atoms with van der Waals surface area (Å²) in [6.45, 7) is 0.870. The number of carbonyl (C=O) groups is 1. The number of rotatable bonds is 5. The van der Waals surface area contributed by atoms with Gasteiger partial charge in [0, 0.05) is 23.5 Å². The zero-order chi connectivity index (χ0) is 14.5. The monoisotopic (exact) mass is 403 g/mol. The molecule has 0 radical (unpaired) electrons. The van der Waals surface area contributed by atoms with Crippen LogP contribution < -0.4 is 4.74 Å². The number of likely N-dealkylation sites (tertiary alicyclic amines) is 1. The molecule has 0 bridgehead atoms. The highest BCUT2D eigenvalue weighted by atomic mass is 79.9. The third-order valence-corrected chi connectivity index (χ3v) is 4.89. The van der Waals surface area contributed by atoms with Crippen LogP contribution in [0.1, 0.15) is 36.0 Å². The van der Waals surface area contributed by atoms with Crippen molar-refractivity contribution in [2.24, 2.45) is 0 Å². The Labute approximate surface area is 136 Å². The largest absolute Gasteiger partial charge is 0.496 e. The van der Waals surface area contributed by atoms with Crippen molar-refractivity contribution in [2.45, 2.75) is 31.7 Å². The van der Waals surface area contributed by atoms with Crippen molar-refractivity contribution in [1.29, 1.82) is 0 Å². The number of alkyl halides is 1. The SMILES string of the molecule is COc1ccc(C(=O)N2CCCC2CCCBr)cc1Br. The molecule has 3 nitrogen and oxygen atoms in total. The van der Waals surface area contributed by atoms with Gasteiger partial charge in [0.2, 0.25) is 0 Å². The van der Waals surface area contributed by atoms with E-state index in [2.05, 4.69) is 31.9 Å². The van der Waals surface area contributed by atoms with E-state index in [0.717, 1.165) is 53.3 Å². The Balaban J connectivity index is 2.11. The first-order chi connectivity index (χ1) is 9.67. The van der Waals surface area contributed by atoms with Crippen LogP contribution in [0.2, 0.25) is 0 Å². The molecule has 0 N–H and O–H groups in total. The van der Waals surface area contributed by atoms with Gasteiger partial charge in [0.25, 0.3) is 5.91 Å². The van der Waals surface area contributed by atoms with Crippen LogP contribution in [0.15, 0.2) is 22.7 Å². The number of halogens is 2. The van der Waals surface area contributed by atoms with E-state index in [1.165, 1.54) is 0 Å². The molecule has 1 amide bonds. The molecular weight excluding hydrogens is 386 g/mol. The van der Waals surface area contributed by atoms with Gasteiger partial charge in [-0.25, -0.2) is 0 Å². The number of carbonyl (C=O) groups excluding carboxylic acids is 1. The normalized spacial score (nSPS) is 18.4. The van der Waals surface area contributed by atoms with Crippen LogP contribution in [0.5, 0.6) is 5.75 Å². The van der Waals surface area contributed by atoms with Crippen LogP contribution in [0.25, 0.3) is 0 Å². The fraction of sp³-hybridized carbons (Fsp3) is 0.533. The van der Waals surface area contributed by atoms with Gasteiger partial charge in [-0.05, 0) is 59.8 Å². The highest BCUT2D eigenvalue weighted by molar-refractivity contribution is 9.10. The third kappa shape index (κ3) is 3.55. The minimum Gasteiger partial charge on any atom is -0.496 e. The summed E-state index contributed by atoms with van der Waals surface area (Å²) in [5.41, 5.74) is 0.725. The molecule has 1 unspecified atom stereocenters. The van der Waals surface area contributed by atoms with Gasteiger partial charge in [0.05, 0.1) is 11.6 Å². The molecule has 20 heavy (non-hydrogen) atoms. The number of hydrogen-bond donors (Lipinski definition) is 0. The number of benzene rings is 1. The predicted octanol–water partition coefficient (Wildman–Crippen LogP) is 4.24. The first kappa shape index (κ1) is 15.8. The molecule has 1 aliphatic rings. The minimum absolute atomic E-state index is 0.130. The summed E-state index contributed by atoms with van der Waals surface area (Å²) in [5.74, 6) is 0.879. The van der Waals surface area contributed by atoms with E-state index in [-0.39, 0.29) is 5.91 Å². The number of ether oxygens (including phenoxy) is 1. The van der Waals surface area contributed by atoms with Crippen LogP contribution in [0, 0.1) is 0 Å².